The Morgan fingerprint density at radius 1 is 0.970 bits per heavy atom. The molecular weight excluding hydrogens is 442 g/mol. The zero-order chi connectivity index (χ0) is 23.8. The van der Waals surface area contributed by atoms with Crippen LogP contribution in [0, 0.1) is 5.92 Å². The SMILES string of the molecule is CCC(CC)C(=O)N1CCC(NC(=O)N2CCN(CC(=O)Nc3ccccc3Cl)CC2)CC1. The van der Waals surface area contributed by atoms with Crippen molar-refractivity contribution in [1.29, 1.82) is 0 Å². The van der Waals surface area contributed by atoms with Gasteiger partial charge in [-0.15, -0.1) is 0 Å². The first-order chi connectivity index (χ1) is 15.9. The highest BCUT2D eigenvalue weighted by atomic mass is 35.5. The number of para-hydroxylation sites is 1. The highest BCUT2D eigenvalue weighted by Gasteiger charge is 2.29. The number of nitrogens with zero attached hydrogens (tertiary/aromatic N) is 3. The molecule has 4 amide bonds. The molecular formula is C24H36ClN5O3. The van der Waals surface area contributed by atoms with Crippen LogP contribution in [-0.4, -0.2) is 84.4 Å². The Bertz CT molecular complexity index is 816. The smallest absolute Gasteiger partial charge is 0.317 e. The number of piperazine rings is 1. The van der Waals surface area contributed by atoms with Crippen molar-refractivity contribution < 1.29 is 14.4 Å². The first kappa shape index (κ1) is 25.3. The number of nitrogens with one attached hydrogen (secondary N) is 2. The van der Waals surface area contributed by atoms with Crippen LogP contribution in [0.1, 0.15) is 39.5 Å². The number of likely N-dealkylation sites (tertiary alicyclic amines) is 1. The molecule has 0 radical (unpaired) electrons. The van der Waals surface area contributed by atoms with Gasteiger partial charge in [-0.2, -0.15) is 0 Å². The molecule has 0 bridgehead atoms. The molecule has 182 valence electrons. The van der Waals surface area contributed by atoms with E-state index in [4.69, 9.17) is 11.6 Å². The van der Waals surface area contributed by atoms with Crippen molar-refractivity contribution in [3.63, 3.8) is 0 Å². The normalized spacial score (nSPS) is 17.8. The summed E-state index contributed by atoms with van der Waals surface area (Å²) in [4.78, 5) is 43.4. The van der Waals surface area contributed by atoms with E-state index >= 15 is 0 Å². The number of piperidine rings is 1. The van der Waals surface area contributed by atoms with Gasteiger partial charge in [0.2, 0.25) is 11.8 Å². The molecule has 9 heteroatoms. The maximum absolute atomic E-state index is 12.7. The van der Waals surface area contributed by atoms with Gasteiger partial charge in [0.15, 0.2) is 0 Å². The fourth-order valence-electron chi connectivity index (χ4n) is 4.47. The molecule has 0 aliphatic carbocycles. The number of carbonyl (C=O) groups excluding carboxylic acids is 3. The summed E-state index contributed by atoms with van der Waals surface area (Å²) < 4.78 is 0. The third kappa shape index (κ3) is 7.08. The molecule has 2 N–H and O–H groups in total. The van der Waals surface area contributed by atoms with Gasteiger partial charge in [0, 0.05) is 51.2 Å². The van der Waals surface area contributed by atoms with Crippen LogP contribution in [0.5, 0.6) is 0 Å². The van der Waals surface area contributed by atoms with Gasteiger partial charge in [-0.3, -0.25) is 14.5 Å². The maximum atomic E-state index is 12.7. The van der Waals surface area contributed by atoms with Crippen molar-refractivity contribution in [3.05, 3.63) is 29.3 Å². The van der Waals surface area contributed by atoms with E-state index in [9.17, 15) is 14.4 Å². The molecule has 2 aliphatic heterocycles. The van der Waals surface area contributed by atoms with Gasteiger partial charge in [-0.05, 0) is 37.8 Å². The maximum Gasteiger partial charge on any atom is 0.317 e. The van der Waals surface area contributed by atoms with Crippen LogP contribution in [0.15, 0.2) is 24.3 Å². The zero-order valence-electron chi connectivity index (χ0n) is 19.7. The van der Waals surface area contributed by atoms with Gasteiger partial charge in [0.25, 0.3) is 0 Å². The van der Waals surface area contributed by atoms with Crippen LogP contribution in [0.2, 0.25) is 5.02 Å². The highest BCUT2D eigenvalue weighted by molar-refractivity contribution is 6.33. The molecule has 0 aromatic heterocycles. The number of urea groups is 1. The summed E-state index contributed by atoms with van der Waals surface area (Å²) in [5.74, 6) is 0.245. The molecule has 0 atom stereocenters. The summed E-state index contributed by atoms with van der Waals surface area (Å²) in [5.41, 5.74) is 0.606. The second kappa shape index (κ2) is 12.2. The lowest BCUT2D eigenvalue weighted by Gasteiger charge is -2.37. The molecule has 0 unspecified atom stereocenters. The second-order valence-corrected chi connectivity index (χ2v) is 9.26. The number of anilines is 1. The summed E-state index contributed by atoms with van der Waals surface area (Å²) in [6.45, 7) is 8.24. The van der Waals surface area contributed by atoms with E-state index in [1.165, 1.54) is 0 Å². The van der Waals surface area contributed by atoms with Crippen LogP contribution in [-0.2, 0) is 9.59 Å². The average molecular weight is 478 g/mol. The Morgan fingerprint density at radius 3 is 2.21 bits per heavy atom. The number of hydrogen-bond donors (Lipinski definition) is 2. The fraction of sp³-hybridized carbons (Fsp3) is 0.625. The van der Waals surface area contributed by atoms with Gasteiger partial charge in [-0.1, -0.05) is 37.6 Å². The number of halogens is 1. The van der Waals surface area contributed by atoms with Gasteiger partial charge in [-0.25, -0.2) is 4.79 Å². The minimum Gasteiger partial charge on any atom is -0.342 e. The average Bonchev–Trinajstić information content (AvgIpc) is 2.82. The van der Waals surface area contributed by atoms with E-state index in [0.29, 0.717) is 50.0 Å². The van der Waals surface area contributed by atoms with Gasteiger partial charge in [0.1, 0.15) is 0 Å². The molecule has 1 aromatic rings. The predicted molar refractivity (Wildman–Crippen MR) is 130 cm³/mol. The number of amides is 4. The van der Waals surface area contributed by atoms with Crippen molar-refractivity contribution in [2.24, 2.45) is 5.92 Å². The van der Waals surface area contributed by atoms with Crippen molar-refractivity contribution in [2.75, 3.05) is 51.1 Å². The van der Waals surface area contributed by atoms with Crippen LogP contribution in [0.4, 0.5) is 10.5 Å². The number of rotatable bonds is 7. The van der Waals surface area contributed by atoms with E-state index < -0.39 is 0 Å². The predicted octanol–water partition coefficient (Wildman–Crippen LogP) is 3.03. The lowest BCUT2D eigenvalue weighted by atomic mass is 9.98. The molecule has 3 rings (SSSR count). The molecule has 2 fully saturated rings. The number of carbonyl (C=O) groups is 3. The zero-order valence-corrected chi connectivity index (χ0v) is 20.4. The summed E-state index contributed by atoms with van der Waals surface area (Å²) in [5, 5.41) is 6.49. The molecule has 8 nitrogen and oxygen atoms in total. The Balaban J connectivity index is 1.36. The number of hydrogen-bond acceptors (Lipinski definition) is 4. The van der Waals surface area contributed by atoms with Crippen molar-refractivity contribution in [1.82, 2.24) is 20.0 Å². The summed E-state index contributed by atoms with van der Waals surface area (Å²) in [6, 6.07) is 7.20. The monoisotopic (exact) mass is 477 g/mol. The van der Waals surface area contributed by atoms with Crippen LogP contribution < -0.4 is 10.6 Å². The molecule has 0 saturated carbocycles. The Morgan fingerprint density at radius 2 is 1.61 bits per heavy atom. The summed E-state index contributed by atoms with van der Waals surface area (Å²) >= 11 is 6.10. The molecule has 2 aliphatic rings. The third-order valence-electron chi connectivity index (χ3n) is 6.64. The van der Waals surface area contributed by atoms with E-state index in [2.05, 4.69) is 24.5 Å². The van der Waals surface area contributed by atoms with E-state index in [1.54, 1.807) is 12.1 Å². The topological polar surface area (TPSA) is 85.0 Å². The minimum atomic E-state index is -0.115. The first-order valence-electron chi connectivity index (χ1n) is 12.0. The van der Waals surface area contributed by atoms with Crippen LogP contribution >= 0.6 is 11.6 Å². The summed E-state index contributed by atoms with van der Waals surface area (Å²) in [6.07, 6.45) is 3.33. The molecule has 33 heavy (non-hydrogen) atoms. The Labute approximate surface area is 201 Å². The van der Waals surface area contributed by atoms with E-state index in [1.807, 2.05) is 26.8 Å². The standard InChI is InChI=1S/C24H36ClN5O3/c1-3-18(4-2)23(32)29-11-9-19(10-12-29)26-24(33)30-15-13-28(14-16-30)17-22(31)27-21-8-6-5-7-20(21)25/h5-8,18-19H,3-4,9-17H2,1-2H3,(H,26,33)(H,27,31). The summed E-state index contributed by atoms with van der Waals surface area (Å²) in [7, 11) is 0. The molecule has 2 heterocycles. The van der Waals surface area contributed by atoms with E-state index in [0.717, 1.165) is 25.7 Å². The minimum absolute atomic E-state index is 0.0556. The van der Waals surface area contributed by atoms with Crippen LogP contribution in [0.3, 0.4) is 0 Å². The number of benzene rings is 1. The second-order valence-electron chi connectivity index (χ2n) is 8.85. The quantitative estimate of drug-likeness (QED) is 0.632. The first-order valence-corrected chi connectivity index (χ1v) is 12.4. The molecule has 1 aromatic carbocycles. The Hall–Kier alpha value is -2.32. The van der Waals surface area contributed by atoms with Crippen molar-refractivity contribution >= 4 is 35.1 Å². The van der Waals surface area contributed by atoms with Crippen LogP contribution in [0.25, 0.3) is 0 Å². The highest BCUT2D eigenvalue weighted by Crippen LogP contribution is 2.20. The molecule has 2 saturated heterocycles. The Kier molecular flexibility index (Phi) is 9.38. The van der Waals surface area contributed by atoms with Gasteiger partial charge < -0.3 is 20.4 Å². The van der Waals surface area contributed by atoms with Crippen molar-refractivity contribution in [2.45, 2.75) is 45.6 Å². The van der Waals surface area contributed by atoms with Gasteiger partial charge in [0.05, 0.1) is 17.3 Å². The van der Waals surface area contributed by atoms with E-state index in [-0.39, 0.29) is 36.3 Å². The van der Waals surface area contributed by atoms with Gasteiger partial charge >= 0.3 is 6.03 Å². The molecule has 0 spiro atoms. The lowest BCUT2D eigenvalue weighted by Crippen LogP contribution is -2.56. The lowest BCUT2D eigenvalue weighted by molar-refractivity contribution is -0.136. The third-order valence-corrected chi connectivity index (χ3v) is 6.97. The largest absolute Gasteiger partial charge is 0.342 e. The van der Waals surface area contributed by atoms with Crippen molar-refractivity contribution in [3.8, 4) is 0 Å². The fourth-order valence-corrected chi connectivity index (χ4v) is 4.65.